The number of hydrogen-bond acceptors (Lipinski definition) is 5. The molecule has 100 valence electrons. The smallest absolute Gasteiger partial charge is 0.278 e. The molecule has 1 aromatic heterocycles. The first-order chi connectivity index (χ1) is 8.10. The molecule has 0 aromatic carbocycles. The lowest BCUT2D eigenvalue weighted by Crippen LogP contribution is -2.68. The maximum atomic E-state index is 12.1. The van der Waals surface area contributed by atoms with Crippen molar-refractivity contribution in [2.24, 2.45) is 0 Å². The Kier molecular flexibility index (Phi) is 2.40. The predicted octanol–water partition coefficient (Wildman–Crippen LogP) is 0.795. The molecule has 0 atom stereocenters. The van der Waals surface area contributed by atoms with Crippen molar-refractivity contribution in [1.29, 1.82) is 0 Å². The fraction of sp³-hybridized carbons (Fsp3) is 0.667. The third-order valence-electron chi connectivity index (χ3n) is 4.72. The van der Waals surface area contributed by atoms with Crippen LogP contribution in [0, 0.1) is 0 Å². The molecule has 0 unspecified atom stereocenters. The summed E-state index contributed by atoms with van der Waals surface area (Å²) in [5.74, 6) is 0.776. The Balaban J connectivity index is 2.80. The van der Waals surface area contributed by atoms with Crippen LogP contribution in [0.5, 0.6) is 0 Å². The van der Waals surface area contributed by atoms with Gasteiger partial charge in [0.05, 0.1) is 11.1 Å². The van der Waals surface area contributed by atoms with E-state index in [-0.39, 0.29) is 22.6 Å². The van der Waals surface area contributed by atoms with Gasteiger partial charge >= 0.3 is 0 Å². The van der Waals surface area contributed by atoms with Gasteiger partial charge in [-0.3, -0.25) is 9.78 Å². The van der Waals surface area contributed by atoms with Gasteiger partial charge in [-0.25, -0.2) is 0 Å². The summed E-state index contributed by atoms with van der Waals surface area (Å²) in [5, 5.41) is 0. The fourth-order valence-corrected chi connectivity index (χ4v) is 2.37. The lowest BCUT2D eigenvalue weighted by molar-refractivity contribution is 0.271. The molecule has 0 saturated carbocycles. The SMILES string of the molecule is CN1c2nc(N)[nH]c(=O)c2N(C)C(C)(C)C1(C)C. The van der Waals surface area contributed by atoms with Crippen molar-refractivity contribution in [2.75, 3.05) is 29.6 Å². The molecule has 18 heavy (non-hydrogen) atoms. The summed E-state index contributed by atoms with van der Waals surface area (Å²) in [4.78, 5) is 22.9. The van der Waals surface area contributed by atoms with E-state index in [0.717, 1.165) is 0 Å². The molecule has 0 fully saturated rings. The van der Waals surface area contributed by atoms with E-state index in [0.29, 0.717) is 11.5 Å². The number of nitrogen functional groups attached to an aromatic ring is 1. The second-order valence-corrected chi connectivity index (χ2v) is 5.86. The average Bonchev–Trinajstić information content (AvgIpc) is 2.24. The third-order valence-corrected chi connectivity index (χ3v) is 4.72. The van der Waals surface area contributed by atoms with Gasteiger partial charge in [0.2, 0.25) is 5.95 Å². The van der Waals surface area contributed by atoms with E-state index in [4.69, 9.17) is 5.73 Å². The second kappa shape index (κ2) is 3.40. The highest BCUT2D eigenvalue weighted by molar-refractivity contribution is 5.72. The van der Waals surface area contributed by atoms with Gasteiger partial charge in [-0.2, -0.15) is 4.98 Å². The molecule has 0 saturated heterocycles. The Morgan fingerprint density at radius 1 is 1.11 bits per heavy atom. The zero-order valence-corrected chi connectivity index (χ0v) is 11.8. The molecular formula is C12H21N5O. The van der Waals surface area contributed by atoms with Crippen LogP contribution in [0.15, 0.2) is 4.79 Å². The number of nitrogens with two attached hydrogens (primary N) is 1. The minimum atomic E-state index is -0.209. The monoisotopic (exact) mass is 251 g/mol. The average molecular weight is 251 g/mol. The van der Waals surface area contributed by atoms with Gasteiger partial charge in [-0.1, -0.05) is 0 Å². The highest BCUT2D eigenvalue weighted by Gasteiger charge is 2.49. The molecule has 3 N–H and O–H groups in total. The summed E-state index contributed by atoms with van der Waals surface area (Å²) in [5.41, 5.74) is 5.61. The largest absolute Gasteiger partial charge is 0.369 e. The molecule has 1 aliphatic rings. The molecule has 1 aromatic rings. The first-order valence-electron chi connectivity index (χ1n) is 5.98. The van der Waals surface area contributed by atoms with E-state index in [2.05, 4.69) is 37.7 Å². The summed E-state index contributed by atoms with van der Waals surface area (Å²) >= 11 is 0. The van der Waals surface area contributed by atoms with Crippen LogP contribution in [0.25, 0.3) is 0 Å². The van der Waals surface area contributed by atoms with Crippen LogP contribution in [0.4, 0.5) is 17.5 Å². The number of aromatic nitrogens is 2. The lowest BCUT2D eigenvalue weighted by Gasteiger charge is -2.57. The van der Waals surface area contributed by atoms with Gasteiger partial charge in [0.25, 0.3) is 5.56 Å². The molecular weight excluding hydrogens is 230 g/mol. The fourth-order valence-electron chi connectivity index (χ4n) is 2.37. The Bertz CT molecular complexity index is 546. The molecule has 2 heterocycles. The van der Waals surface area contributed by atoms with Crippen LogP contribution in [0.1, 0.15) is 27.7 Å². The van der Waals surface area contributed by atoms with Crippen LogP contribution in [-0.4, -0.2) is 35.1 Å². The number of nitrogens with one attached hydrogen (secondary N) is 1. The summed E-state index contributed by atoms with van der Waals surface area (Å²) in [6.07, 6.45) is 0. The van der Waals surface area contributed by atoms with Crippen molar-refractivity contribution in [2.45, 2.75) is 38.8 Å². The zero-order valence-electron chi connectivity index (χ0n) is 11.8. The van der Waals surface area contributed by atoms with Crippen LogP contribution < -0.4 is 21.1 Å². The Morgan fingerprint density at radius 2 is 1.61 bits per heavy atom. The number of fused-ring (bicyclic) bond motifs is 1. The number of nitrogens with zero attached hydrogens (tertiary/aromatic N) is 3. The number of likely N-dealkylation sites (N-methyl/N-ethyl adjacent to an activating group) is 2. The van der Waals surface area contributed by atoms with Gasteiger partial charge < -0.3 is 15.5 Å². The quantitative estimate of drug-likeness (QED) is 0.713. The van der Waals surface area contributed by atoms with Crippen LogP contribution in [0.2, 0.25) is 0 Å². The maximum absolute atomic E-state index is 12.1. The van der Waals surface area contributed by atoms with Gasteiger partial charge in [0, 0.05) is 14.1 Å². The highest BCUT2D eigenvalue weighted by atomic mass is 16.1. The normalized spacial score (nSPS) is 20.8. The van der Waals surface area contributed by atoms with E-state index in [9.17, 15) is 4.79 Å². The molecule has 0 aliphatic carbocycles. The van der Waals surface area contributed by atoms with Crippen LogP contribution >= 0.6 is 0 Å². The van der Waals surface area contributed by atoms with Crippen LogP contribution in [-0.2, 0) is 0 Å². The van der Waals surface area contributed by atoms with Crippen molar-refractivity contribution < 1.29 is 0 Å². The van der Waals surface area contributed by atoms with Gasteiger partial charge in [0.1, 0.15) is 5.69 Å². The first kappa shape index (κ1) is 12.7. The summed E-state index contributed by atoms with van der Waals surface area (Å²) in [6.45, 7) is 8.49. The molecule has 0 radical (unpaired) electrons. The van der Waals surface area contributed by atoms with Crippen molar-refractivity contribution in [1.82, 2.24) is 9.97 Å². The van der Waals surface area contributed by atoms with E-state index in [1.807, 2.05) is 23.9 Å². The maximum Gasteiger partial charge on any atom is 0.278 e. The Hall–Kier alpha value is -1.72. The van der Waals surface area contributed by atoms with Gasteiger partial charge in [-0.15, -0.1) is 0 Å². The minimum absolute atomic E-state index is 0.148. The van der Waals surface area contributed by atoms with E-state index < -0.39 is 0 Å². The molecule has 6 heteroatoms. The molecule has 6 nitrogen and oxygen atoms in total. The van der Waals surface area contributed by atoms with Gasteiger partial charge in [-0.05, 0) is 27.7 Å². The summed E-state index contributed by atoms with van der Waals surface area (Å²) in [7, 11) is 3.86. The Morgan fingerprint density at radius 3 is 2.17 bits per heavy atom. The topological polar surface area (TPSA) is 78.2 Å². The van der Waals surface area contributed by atoms with Crippen molar-refractivity contribution >= 4 is 17.5 Å². The number of hydrogen-bond donors (Lipinski definition) is 2. The van der Waals surface area contributed by atoms with Crippen molar-refractivity contribution in [3.05, 3.63) is 10.4 Å². The van der Waals surface area contributed by atoms with Crippen molar-refractivity contribution in [3.8, 4) is 0 Å². The van der Waals surface area contributed by atoms with E-state index in [1.165, 1.54) is 0 Å². The van der Waals surface area contributed by atoms with Gasteiger partial charge in [0.15, 0.2) is 5.82 Å². The number of anilines is 3. The van der Waals surface area contributed by atoms with Crippen LogP contribution in [0.3, 0.4) is 0 Å². The molecule has 0 bridgehead atoms. The second-order valence-electron chi connectivity index (χ2n) is 5.86. The number of H-pyrrole nitrogens is 1. The predicted molar refractivity (Wildman–Crippen MR) is 74.2 cm³/mol. The molecule has 0 spiro atoms. The van der Waals surface area contributed by atoms with E-state index >= 15 is 0 Å². The van der Waals surface area contributed by atoms with E-state index in [1.54, 1.807) is 0 Å². The summed E-state index contributed by atoms with van der Waals surface area (Å²) in [6, 6.07) is 0. The minimum Gasteiger partial charge on any atom is -0.369 e. The molecule has 1 aliphatic heterocycles. The number of rotatable bonds is 0. The highest BCUT2D eigenvalue weighted by Crippen LogP contribution is 2.43. The standard InChI is InChI=1S/C12H21N5O/c1-11(2)12(3,4)17(6)8-7(16(11)5)9(18)15-10(13)14-8/h1-6H3,(H3,13,14,15,18). The molecule has 2 rings (SSSR count). The lowest BCUT2D eigenvalue weighted by atomic mass is 9.78. The number of aromatic amines is 1. The van der Waals surface area contributed by atoms with Crippen molar-refractivity contribution in [3.63, 3.8) is 0 Å². The zero-order chi connectivity index (χ0) is 13.9. The summed E-state index contributed by atoms with van der Waals surface area (Å²) < 4.78 is 0. The first-order valence-corrected chi connectivity index (χ1v) is 5.98. The third kappa shape index (κ3) is 1.34. The Labute approximate surface area is 107 Å². The molecule has 0 amide bonds.